The Morgan fingerprint density at radius 3 is 0.912 bits per heavy atom. The van der Waals surface area contributed by atoms with Gasteiger partial charge in [0.2, 0.25) is 0 Å². The van der Waals surface area contributed by atoms with Gasteiger partial charge in [-0.05, 0) is 103 Å². The van der Waals surface area contributed by atoms with Crippen LogP contribution in [0.5, 0.6) is 0 Å². The van der Waals surface area contributed by atoms with E-state index in [1.807, 2.05) is 0 Å². The van der Waals surface area contributed by atoms with Gasteiger partial charge in [-0.1, -0.05) is 233 Å². The van der Waals surface area contributed by atoms with E-state index in [1.54, 1.807) is 0 Å². The SMILES string of the molecule is CC/C=C\C/C=C\C/C=C\C/C=C\C/C=C\CCCCCC(=O)OCC(COC(=O)CCCCCCCCCCCCCCCC)OC(=O)CCCCCC/C=C\C/C=C\C/C=C\C/C=C\CC. The summed E-state index contributed by atoms with van der Waals surface area (Å²) >= 11 is 0. The van der Waals surface area contributed by atoms with Gasteiger partial charge in [-0.15, -0.1) is 0 Å². The molecule has 0 aliphatic carbocycles. The summed E-state index contributed by atoms with van der Waals surface area (Å²) in [6, 6.07) is 0. The number of carbonyl (C=O) groups excluding carboxylic acids is 3. The van der Waals surface area contributed by atoms with E-state index in [0.717, 1.165) is 135 Å². The van der Waals surface area contributed by atoms with Crippen molar-refractivity contribution in [3.63, 3.8) is 0 Å². The van der Waals surface area contributed by atoms with Gasteiger partial charge in [0.05, 0.1) is 0 Å². The summed E-state index contributed by atoms with van der Waals surface area (Å²) < 4.78 is 16.8. The van der Waals surface area contributed by atoms with Crippen LogP contribution in [0.15, 0.2) is 109 Å². The highest BCUT2D eigenvalue weighted by atomic mass is 16.6. The Hall–Kier alpha value is -3.93. The van der Waals surface area contributed by atoms with E-state index in [0.29, 0.717) is 19.3 Å². The van der Waals surface area contributed by atoms with E-state index in [2.05, 4.69) is 130 Å². The maximum atomic E-state index is 12.8. The van der Waals surface area contributed by atoms with Crippen molar-refractivity contribution in [3.8, 4) is 0 Å². The third-order valence-electron chi connectivity index (χ3n) is 11.5. The Labute approximate surface area is 419 Å². The molecule has 0 saturated carbocycles. The quantitative estimate of drug-likeness (QED) is 0.0262. The minimum atomic E-state index is -0.805. The van der Waals surface area contributed by atoms with Gasteiger partial charge in [0.15, 0.2) is 6.10 Å². The molecular formula is C62H102O6. The molecule has 386 valence electrons. The zero-order valence-electron chi connectivity index (χ0n) is 44.1. The van der Waals surface area contributed by atoms with Gasteiger partial charge < -0.3 is 14.2 Å². The van der Waals surface area contributed by atoms with E-state index >= 15 is 0 Å². The highest BCUT2D eigenvalue weighted by molar-refractivity contribution is 5.71. The lowest BCUT2D eigenvalue weighted by Crippen LogP contribution is -2.30. The van der Waals surface area contributed by atoms with E-state index in [4.69, 9.17) is 14.2 Å². The number of carbonyl (C=O) groups is 3. The molecule has 6 heteroatoms. The van der Waals surface area contributed by atoms with Crippen molar-refractivity contribution in [2.24, 2.45) is 0 Å². The summed E-state index contributed by atoms with van der Waals surface area (Å²) in [5, 5.41) is 0. The normalized spacial score (nSPS) is 12.9. The van der Waals surface area contributed by atoms with Gasteiger partial charge in [-0.25, -0.2) is 0 Å². The van der Waals surface area contributed by atoms with Crippen LogP contribution in [0.25, 0.3) is 0 Å². The van der Waals surface area contributed by atoms with Crippen LogP contribution in [0.3, 0.4) is 0 Å². The minimum absolute atomic E-state index is 0.0986. The Kier molecular flexibility index (Phi) is 52.4. The highest BCUT2D eigenvalue weighted by Gasteiger charge is 2.19. The fourth-order valence-electron chi connectivity index (χ4n) is 7.40. The summed E-state index contributed by atoms with van der Waals surface area (Å²) in [6.45, 7) is 6.37. The molecule has 0 aliphatic rings. The summed E-state index contributed by atoms with van der Waals surface area (Å²) in [4.78, 5) is 38.1. The molecule has 1 atom stereocenters. The number of allylic oxidation sites excluding steroid dienone is 18. The van der Waals surface area contributed by atoms with Gasteiger partial charge in [-0.3, -0.25) is 14.4 Å². The fraction of sp³-hybridized carbons (Fsp3) is 0.661. The third kappa shape index (κ3) is 53.0. The maximum absolute atomic E-state index is 12.8. The standard InChI is InChI=1S/C62H102O6/c1-4-7-10-13-16-19-22-25-28-30-31-33-34-37-40-43-46-49-52-55-61(64)67-58-59(57-66-60(63)54-51-48-45-42-39-36-27-24-21-18-15-12-9-6-3)68-62(65)56-53-50-47-44-41-38-35-32-29-26-23-20-17-14-11-8-5-2/h7-8,10-11,16-17,19-20,25-26,28-29,31,33,35,37-38,40,59H,4-6,9,12-15,18,21-24,27,30,32,34,36,39,41-58H2,1-3H3/b10-7-,11-8-,19-16-,20-17-,28-25-,29-26-,33-31-,38-35-,40-37-. The van der Waals surface area contributed by atoms with Crippen LogP contribution in [-0.4, -0.2) is 37.2 Å². The van der Waals surface area contributed by atoms with E-state index in [1.165, 1.54) is 70.6 Å². The molecule has 0 amide bonds. The van der Waals surface area contributed by atoms with E-state index in [9.17, 15) is 14.4 Å². The van der Waals surface area contributed by atoms with Gasteiger partial charge in [0.25, 0.3) is 0 Å². The van der Waals surface area contributed by atoms with Gasteiger partial charge in [0.1, 0.15) is 13.2 Å². The lowest BCUT2D eigenvalue weighted by Gasteiger charge is -2.18. The average molecular weight is 943 g/mol. The predicted molar refractivity (Wildman–Crippen MR) is 293 cm³/mol. The summed E-state index contributed by atoms with van der Waals surface area (Å²) in [5.41, 5.74) is 0. The van der Waals surface area contributed by atoms with Crippen LogP contribution in [0, 0.1) is 0 Å². The lowest BCUT2D eigenvalue weighted by molar-refractivity contribution is -0.167. The van der Waals surface area contributed by atoms with Crippen molar-refractivity contribution < 1.29 is 28.6 Å². The topological polar surface area (TPSA) is 78.9 Å². The van der Waals surface area contributed by atoms with Crippen molar-refractivity contribution in [3.05, 3.63) is 109 Å². The highest BCUT2D eigenvalue weighted by Crippen LogP contribution is 2.15. The van der Waals surface area contributed by atoms with Crippen LogP contribution in [-0.2, 0) is 28.6 Å². The van der Waals surface area contributed by atoms with Crippen LogP contribution in [0.1, 0.15) is 245 Å². The molecular weight excluding hydrogens is 841 g/mol. The second kappa shape index (κ2) is 55.7. The molecule has 0 aliphatic heterocycles. The molecule has 0 aromatic rings. The molecule has 0 saturated heterocycles. The Balaban J connectivity index is 4.50. The number of ether oxygens (including phenoxy) is 3. The largest absolute Gasteiger partial charge is 0.462 e. The van der Waals surface area contributed by atoms with E-state index < -0.39 is 6.10 Å². The lowest BCUT2D eigenvalue weighted by atomic mass is 10.0. The Morgan fingerprint density at radius 2 is 0.574 bits per heavy atom. The first-order chi connectivity index (χ1) is 33.5. The van der Waals surface area contributed by atoms with Crippen LogP contribution < -0.4 is 0 Å². The first kappa shape index (κ1) is 64.1. The average Bonchev–Trinajstić information content (AvgIpc) is 3.34. The molecule has 0 bridgehead atoms. The molecule has 0 aromatic carbocycles. The molecule has 0 radical (unpaired) electrons. The summed E-state index contributed by atoms with van der Waals surface area (Å²) in [7, 11) is 0. The molecule has 1 unspecified atom stereocenters. The van der Waals surface area contributed by atoms with Crippen molar-refractivity contribution in [2.45, 2.75) is 252 Å². The summed E-state index contributed by atoms with van der Waals surface area (Å²) in [6.07, 6.45) is 75.0. The smallest absolute Gasteiger partial charge is 0.306 e. The molecule has 0 spiro atoms. The number of hydrogen-bond donors (Lipinski definition) is 0. The van der Waals surface area contributed by atoms with Crippen molar-refractivity contribution in [2.75, 3.05) is 13.2 Å². The molecule has 0 aromatic heterocycles. The Morgan fingerprint density at radius 1 is 0.309 bits per heavy atom. The summed E-state index contributed by atoms with van der Waals surface area (Å²) in [5.74, 6) is -0.955. The van der Waals surface area contributed by atoms with Gasteiger partial charge >= 0.3 is 17.9 Å². The minimum Gasteiger partial charge on any atom is -0.462 e. The molecule has 0 N–H and O–H groups in total. The van der Waals surface area contributed by atoms with Crippen LogP contribution in [0.2, 0.25) is 0 Å². The number of rotatable bonds is 49. The molecule has 0 rings (SSSR count). The maximum Gasteiger partial charge on any atom is 0.306 e. The van der Waals surface area contributed by atoms with Crippen molar-refractivity contribution in [1.82, 2.24) is 0 Å². The van der Waals surface area contributed by atoms with Crippen LogP contribution in [0.4, 0.5) is 0 Å². The van der Waals surface area contributed by atoms with Gasteiger partial charge in [0, 0.05) is 19.3 Å². The monoisotopic (exact) mass is 943 g/mol. The predicted octanol–water partition coefficient (Wildman–Crippen LogP) is 18.7. The molecule has 0 fully saturated rings. The fourth-order valence-corrected chi connectivity index (χ4v) is 7.40. The van der Waals surface area contributed by atoms with Crippen molar-refractivity contribution >= 4 is 17.9 Å². The zero-order chi connectivity index (χ0) is 49.3. The molecule has 6 nitrogen and oxygen atoms in total. The third-order valence-corrected chi connectivity index (χ3v) is 11.5. The second-order valence-electron chi connectivity index (χ2n) is 18.1. The first-order valence-electron chi connectivity index (χ1n) is 27.9. The zero-order valence-corrected chi connectivity index (χ0v) is 44.1. The number of esters is 3. The second-order valence-corrected chi connectivity index (χ2v) is 18.1. The number of hydrogen-bond acceptors (Lipinski definition) is 6. The first-order valence-corrected chi connectivity index (χ1v) is 27.9. The van der Waals surface area contributed by atoms with E-state index in [-0.39, 0.29) is 31.1 Å². The number of unbranched alkanes of at least 4 members (excludes halogenated alkanes) is 20. The van der Waals surface area contributed by atoms with Gasteiger partial charge in [-0.2, -0.15) is 0 Å². The van der Waals surface area contributed by atoms with Crippen LogP contribution >= 0.6 is 0 Å². The molecule has 68 heavy (non-hydrogen) atoms. The molecule has 0 heterocycles. The van der Waals surface area contributed by atoms with Crippen molar-refractivity contribution in [1.29, 1.82) is 0 Å². The Bertz CT molecular complexity index is 1410.